The Morgan fingerprint density at radius 3 is 2.67 bits per heavy atom. The number of nitrogens with zero attached hydrogens (tertiary/aromatic N) is 2. The molecule has 4 aromatic rings. The predicted molar refractivity (Wildman–Crippen MR) is 130 cm³/mol. The number of rotatable bonds is 5. The van der Waals surface area contributed by atoms with Gasteiger partial charge in [0.1, 0.15) is 12.6 Å². The Hall–Kier alpha value is -3.71. The van der Waals surface area contributed by atoms with Crippen molar-refractivity contribution >= 4 is 39.2 Å². The second-order valence-electron chi connectivity index (χ2n) is 7.98. The smallest absolute Gasteiger partial charge is 0.410 e. The molecule has 2 amide bonds. The van der Waals surface area contributed by atoms with Crippen molar-refractivity contribution in [2.24, 2.45) is 0 Å². The lowest BCUT2D eigenvalue weighted by Crippen LogP contribution is -2.43. The van der Waals surface area contributed by atoms with E-state index >= 15 is 0 Å². The Morgan fingerprint density at radius 2 is 1.82 bits per heavy atom. The number of benzene rings is 3. The van der Waals surface area contributed by atoms with Crippen LogP contribution in [0.25, 0.3) is 22.0 Å². The molecule has 1 aliphatic heterocycles. The summed E-state index contributed by atoms with van der Waals surface area (Å²) in [5.74, 6) is -0.233. The van der Waals surface area contributed by atoms with Crippen LogP contribution >= 0.6 is 11.3 Å². The Kier molecular flexibility index (Phi) is 6.04. The fraction of sp³-hybridized carbons (Fsp3) is 0.192. The first-order chi connectivity index (χ1) is 16.2. The van der Waals surface area contributed by atoms with Crippen molar-refractivity contribution in [3.8, 4) is 11.3 Å². The van der Waals surface area contributed by atoms with E-state index in [1.54, 1.807) is 0 Å². The largest absolute Gasteiger partial charge is 0.445 e. The maximum atomic E-state index is 12.9. The summed E-state index contributed by atoms with van der Waals surface area (Å²) < 4.78 is 5.43. The molecule has 1 saturated heterocycles. The highest BCUT2D eigenvalue weighted by molar-refractivity contribution is 7.14. The number of hydrogen-bond donors (Lipinski definition) is 1. The number of likely N-dealkylation sites (tertiary alicyclic amines) is 1. The maximum Gasteiger partial charge on any atom is 0.410 e. The minimum atomic E-state index is -0.554. The lowest BCUT2D eigenvalue weighted by Gasteiger charge is -2.22. The molecule has 2 heterocycles. The number of aromatic nitrogens is 1. The van der Waals surface area contributed by atoms with E-state index in [0.29, 0.717) is 18.1 Å². The molecule has 5 rings (SSSR count). The van der Waals surface area contributed by atoms with Gasteiger partial charge in [-0.25, -0.2) is 9.78 Å². The van der Waals surface area contributed by atoms with Gasteiger partial charge in [0.15, 0.2) is 5.13 Å². The number of carbonyl (C=O) groups is 2. The minimum Gasteiger partial charge on any atom is -0.445 e. The van der Waals surface area contributed by atoms with Gasteiger partial charge in [0.05, 0.1) is 5.69 Å². The zero-order chi connectivity index (χ0) is 22.6. The molecule has 1 N–H and O–H groups in total. The maximum absolute atomic E-state index is 12.9. The topological polar surface area (TPSA) is 71.5 Å². The standard InChI is InChI=1S/C26H23N3O3S/c30-24(23-11-6-14-29(23)26(31)32-16-18-7-2-1-3-8-18)28-25-27-22(17-33-25)21-13-12-19-9-4-5-10-20(19)15-21/h1-5,7-10,12-13,15,17,23H,6,11,14,16H2,(H,27,28,30). The summed E-state index contributed by atoms with van der Waals surface area (Å²) >= 11 is 1.38. The molecule has 166 valence electrons. The van der Waals surface area contributed by atoms with E-state index in [-0.39, 0.29) is 12.5 Å². The normalized spacial score (nSPS) is 15.5. The summed E-state index contributed by atoms with van der Waals surface area (Å²) in [5, 5.41) is 7.66. The van der Waals surface area contributed by atoms with Gasteiger partial charge in [-0.2, -0.15) is 0 Å². The number of ether oxygens (including phenoxy) is 1. The number of carbonyl (C=O) groups excluding carboxylic acids is 2. The summed E-state index contributed by atoms with van der Waals surface area (Å²) in [6, 6.07) is 23.3. The zero-order valence-corrected chi connectivity index (χ0v) is 18.8. The second-order valence-corrected chi connectivity index (χ2v) is 8.84. The van der Waals surface area contributed by atoms with Gasteiger partial charge in [-0.05, 0) is 35.2 Å². The van der Waals surface area contributed by atoms with Crippen LogP contribution in [0.15, 0.2) is 78.2 Å². The van der Waals surface area contributed by atoms with Gasteiger partial charge in [-0.3, -0.25) is 9.69 Å². The Labute approximate surface area is 195 Å². The molecule has 0 bridgehead atoms. The average Bonchev–Trinajstić information content (AvgIpc) is 3.53. The molecule has 1 atom stereocenters. The van der Waals surface area contributed by atoms with Crippen LogP contribution in [0, 0.1) is 0 Å². The van der Waals surface area contributed by atoms with Gasteiger partial charge >= 0.3 is 6.09 Å². The van der Waals surface area contributed by atoms with Crippen molar-refractivity contribution < 1.29 is 14.3 Å². The lowest BCUT2D eigenvalue weighted by atomic mass is 10.1. The van der Waals surface area contributed by atoms with E-state index in [2.05, 4.69) is 34.6 Å². The van der Waals surface area contributed by atoms with Crippen LogP contribution in [0.2, 0.25) is 0 Å². The number of anilines is 1. The van der Waals surface area contributed by atoms with E-state index in [0.717, 1.165) is 28.6 Å². The van der Waals surface area contributed by atoms with Gasteiger partial charge in [0.2, 0.25) is 5.91 Å². The van der Waals surface area contributed by atoms with Crippen molar-refractivity contribution in [3.63, 3.8) is 0 Å². The second kappa shape index (κ2) is 9.42. The number of nitrogens with one attached hydrogen (secondary N) is 1. The highest BCUT2D eigenvalue weighted by atomic mass is 32.1. The lowest BCUT2D eigenvalue weighted by molar-refractivity contribution is -0.120. The molecule has 1 unspecified atom stereocenters. The first-order valence-electron chi connectivity index (χ1n) is 10.9. The fourth-order valence-corrected chi connectivity index (χ4v) is 4.78. The number of amides is 2. The van der Waals surface area contributed by atoms with Gasteiger partial charge in [-0.15, -0.1) is 11.3 Å². The van der Waals surface area contributed by atoms with Crippen LogP contribution in [-0.4, -0.2) is 34.5 Å². The molecule has 1 aliphatic rings. The molecule has 1 fully saturated rings. The van der Waals surface area contributed by atoms with E-state index in [1.807, 2.05) is 53.9 Å². The molecule has 0 radical (unpaired) electrons. The van der Waals surface area contributed by atoms with Crippen molar-refractivity contribution in [1.82, 2.24) is 9.88 Å². The Balaban J connectivity index is 1.23. The number of thiazole rings is 1. The highest BCUT2D eigenvalue weighted by Crippen LogP contribution is 2.28. The summed E-state index contributed by atoms with van der Waals surface area (Å²) in [6.07, 6.45) is 0.904. The van der Waals surface area contributed by atoms with Crippen LogP contribution < -0.4 is 5.32 Å². The van der Waals surface area contributed by atoms with Gasteiger partial charge < -0.3 is 10.1 Å². The molecule has 3 aromatic carbocycles. The molecular weight excluding hydrogens is 434 g/mol. The van der Waals surface area contributed by atoms with Crippen LogP contribution in [0.1, 0.15) is 18.4 Å². The summed E-state index contributed by atoms with van der Waals surface area (Å²) in [4.78, 5) is 31.6. The summed E-state index contributed by atoms with van der Waals surface area (Å²) in [5.41, 5.74) is 2.72. The van der Waals surface area contributed by atoms with Crippen LogP contribution in [0.3, 0.4) is 0 Å². The van der Waals surface area contributed by atoms with Gasteiger partial charge in [0, 0.05) is 17.5 Å². The van der Waals surface area contributed by atoms with Crippen LogP contribution in [0.4, 0.5) is 9.93 Å². The number of fused-ring (bicyclic) bond motifs is 1. The zero-order valence-electron chi connectivity index (χ0n) is 17.9. The van der Waals surface area contributed by atoms with E-state index < -0.39 is 12.1 Å². The predicted octanol–water partition coefficient (Wildman–Crippen LogP) is 5.70. The van der Waals surface area contributed by atoms with Crippen molar-refractivity contribution in [3.05, 3.63) is 83.7 Å². The van der Waals surface area contributed by atoms with Gasteiger partial charge in [-0.1, -0.05) is 66.7 Å². The Bertz CT molecular complexity index is 1290. The number of hydrogen-bond acceptors (Lipinski definition) is 5. The van der Waals surface area contributed by atoms with Crippen molar-refractivity contribution in [1.29, 1.82) is 0 Å². The molecular formula is C26H23N3O3S. The quantitative estimate of drug-likeness (QED) is 0.417. The molecule has 0 spiro atoms. The molecule has 33 heavy (non-hydrogen) atoms. The first-order valence-corrected chi connectivity index (χ1v) is 11.8. The summed E-state index contributed by atoms with van der Waals surface area (Å²) in [6.45, 7) is 0.692. The third-order valence-corrected chi connectivity index (χ3v) is 6.53. The minimum absolute atomic E-state index is 0.187. The van der Waals surface area contributed by atoms with E-state index in [1.165, 1.54) is 21.6 Å². The molecule has 1 aromatic heterocycles. The molecule has 0 saturated carbocycles. The summed E-state index contributed by atoms with van der Waals surface area (Å²) in [7, 11) is 0. The van der Waals surface area contributed by atoms with Crippen LogP contribution in [0.5, 0.6) is 0 Å². The van der Waals surface area contributed by atoms with E-state index in [4.69, 9.17) is 4.74 Å². The molecule has 7 heteroatoms. The third kappa shape index (κ3) is 4.73. The average molecular weight is 458 g/mol. The fourth-order valence-electron chi connectivity index (χ4n) is 4.06. The first kappa shape index (κ1) is 21.2. The van der Waals surface area contributed by atoms with Crippen molar-refractivity contribution in [2.45, 2.75) is 25.5 Å². The van der Waals surface area contributed by atoms with Crippen molar-refractivity contribution in [2.75, 3.05) is 11.9 Å². The highest BCUT2D eigenvalue weighted by Gasteiger charge is 2.35. The third-order valence-electron chi connectivity index (χ3n) is 5.77. The van der Waals surface area contributed by atoms with Crippen LogP contribution in [-0.2, 0) is 16.1 Å². The van der Waals surface area contributed by atoms with Gasteiger partial charge in [0.25, 0.3) is 0 Å². The SMILES string of the molecule is O=C(Nc1nc(-c2ccc3ccccc3c2)cs1)C1CCCN1C(=O)OCc1ccccc1. The molecule has 6 nitrogen and oxygen atoms in total. The molecule has 0 aliphatic carbocycles. The Morgan fingerprint density at radius 1 is 1.03 bits per heavy atom. The monoisotopic (exact) mass is 457 g/mol. The van der Waals surface area contributed by atoms with E-state index in [9.17, 15) is 9.59 Å².